The number of amides is 1. The maximum absolute atomic E-state index is 13.9. The van der Waals surface area contributed by atoms with Crippen molar-refractivity contribution in [3.05, 3.63) is 35.1 Å². The van der Waals surface area contributed by atoms with E-state index in [0.29, 0.717) is 5.56 Å². The third-order valence-corrected chi connectivity index (χ3v) is 2.90. The molecule has 4 nitrogen and oxygen atoms in total. The molecule has 1 amide bonds. The molecule has 1 atom stereocenters. The fourth-order valence-corrected chi connectivity index (χ4v) is 1.58. The summed E-state index contributed by atoms with van der Waals surface area (Å²) in [6.07, 6.45) is 0.198. The minimum atomic E-state index is -0.630. The van der Waals surface area contributed by atoms with Crippen LogP contribution >= 0.6 is 0 Å². The summed E-state index contributed by atoms with van der Waals surface area (Å²) in [7, 11) is 1.55. The summed E-state index contributed by atoms with van der Waals surface area (Å²) in [6.45, 7) is 1.93. The zero-order valence-electron chi connectivity index (χ0n) is 11.5. The van der Waals surface area contributed by atoms with Gasteiger partial charge in [-0.05, 0) is 25.1 Å². The Hall–Kier alpha value is -2.37. The molecule has 20 heavy (non-hydrogen) atoms. The lowest BCUT2D eigenvalue weighted by Gasteiger charge is -2.23. The predicted molar refractivity (Wildman–Crippen MR) is 74.1 cm³/mol. The zero-order valence-corrected chi connectivity index (χ0v) is 11.5. The smallest absolute Gasteiger partial charge is 0.256 e. The van der Waals surface area contributed by atoms with Gasteiger partial charge in [0, 0.05) is 18.7 Å². The van der Waals surface area contributed by atoms with E-state index in [-0.39, 0.29) is 24.6 Å². The second-order valence-electron chi connectivity index (χ2n) is 4.33. The van der Waals surface area contributed by atoms with Crippen molar-refractivity contribution in [3.8, 4) is 17.9 Å². The van der Waals surface area contributed by atoms with Gasteiger partial charge in [0.05, 0.1) is 24.6 Å². The van der Waals surface area contributed by atoms with Crippen LogP contribution in [-0.2, 0) is 0 Å². The van der Waals surface area contributed by atoms with Crippen molar-refractivity contribution in [1.82, 2.24) is 4.90 Å². The highest BCUT2D eigenvalue weighted by atomic mass is 19.1. The molecule has 0 bridgehead atoms. The number of benzene rings is 1. The lowest BCUT2D eigenvalue weighted by atomic mass is 10.1. The van der Waals surface area contributed by atoms with Gasteiger partial charge in [-0.3, -0.25) is 4.79 Å². The van der Waals surface area contributed by atoms with Gasteiger partial charge in [-0.2, -0.15) is 5.26 Å². The van der Waals surface area contributed by atoms with E-state index in [2.05, 4.69) is 11.8 Å². The van der Waals surface area contributed by atoms with Crippen molar-refractivity contribution >= 4 is 5.91 Å². The quantitative estimate of drug-likeness (QED) is 0.849. The first-order valence-corrected chi connectivity index (χ1v) is 6.13. The number of nitriles is 1. The van der Waals surface area contributed by atoms with Crippen LogP contribution in [0.2, 0.25) is 0 Å². The van der Waals surface area contributed by atoms with E-state index >= 15 is 0 Å². The summed E-state index contributed by atoms with van der Waals surface area (Å²) in [5.74, 6) is 4.23. The predicted octanol–water partition coefficient (Wildman–Crippen LogP) is 1.51. The van der Waals surface area contributed by atoms with Crippen LogP contribution in [0.25, 0.3) is 0 Å². The molecule has 0 saturated carbocycles. The first-order valence-electron chi connectivity index (χ1n) is 6.13. The Morgan fingerprint density at radius 2 is 2.25 bits per heavy atom. The van der Waals surface area contributed by atoms with Crippen molar-refractivity contribution < 1.29 is 9.18 Å². The van der Waals surface area contributed by atoms with Crippen LogP contribution in [0.1, 0.15) is 29.3 Å². The first kappa shape index (κ1) is 15.7. The van der Waals surface area contributed by atoms with Crippen LogP contribution in [0.3, 0.4) is 0 Å². The molecule has 0 aliphatic carbocycles. The topological polar surface area (TPSA) is 70.1 Å². The van der Waals surface area contributed by atoms with Gasteiger partial charge in [-0.25, -0.2) is 4.39 Å². The Bertz CT molecular complexity index is 595. The summed E-state index contributed by atoms with van der Waals surface area (Å²) >= 11 is 0. The second kappa shape index (κ2) is 7.28. The molecule has 0 fully saturated rings. The Morgan fingerprint density at radius 1 is 1.55 bits per heavy atom. The van der Waals surface area contributed by atoms with Crippen LogP contribution in [0.4, 0.5) is 4.39 Å². The number of rotatable bonds is 3. The van der Waals surface area contributed by atoms with Gasteiger partial charge < -0.3 is 10.6 Å². The van der Waals surface area contributed by atoms with Crippen LogP contribution < -0.4 is 5.73 Å². The molecule has 0 aromatic heterocycles. The molecule has 2 N–H and O–H groups in total. The molecule has 0 spiro atoms. The Balaban J connectivity index is 2.97. The van der Waals surface area contributed by atoms with Crippen molar-refractivity contribution in [3.63, 3.8) is 0 Å². The molecule has 1 aromatic rings. The average Bonchev–Trinajstić information content (AvgIpc) is 2.44. The Kier molecular flexibility index (Phi) is 5.71. The van der Waals surface area contributed by atoms with E-state index in [9.17, 15) is 9.18 Å². The van der Waals surface area contributed by atoms with Gasteiger partial charge in [0.2, 0.25) is 0 Å². The molecule has 0 saturated heterocycles. The molecule has 104 valence electrons. The highest BCUT2D eigenvalue weighted by molar-refractivity contribution is 5.94. The van der Waals surface area contributed by atoms with Crippen molar-refractivity contribution in [2.75, 3.05) is 13.6 Å². The monoisotopic (exact) mass is 273 g/mol. The van der Waals surface area contributed by atoms with E-state index in [0.717, 1.165) is 0 Å². The minimum absolute atomic E-state index is 0.0319. The zero-order chi connectivity index (χ0) is 15.1. The third kappa shape index (κ3) is 3.81. The van der Waals surface area contributed by atoms with Gasteiger partial charge in [0.25, 0.3) is 5.91 Å². The lowest BCUT2D eigenvalue weighted by molar-refractivity contribution is 0.0741. The minimum Gasteiger partial charge on any atom is -0.338 e. The molecule has 1 unspecified atom stereocenters. The van der Waals surface area contributed by atoms with E-state index < -0.39 is 11.7 Å². The standard InChI is InChI=1S/C15H16FN3O/c1-11(7-9-18)19(2)15(20)13-6-5-12(4-3-8-17)10-14(13)16/h5-6,10-11H,7-8,17H2,1-2H3. The van der Waals surface area contributed by atoms with Crippen molar-refractivity contribution in [2.45, 2.75) is 19.4 Å². The van der Waals surface area contributed by atoms with Gasteiger partial charge >= 0.3 is 0 Å². The molecule has 1 aromatic carbocycles. The second-order valence-corrected chi connectivity index (χ2v) is 4.33. The lowest BCUT2D eigenvalue weighted by Crippen LogP contribution is -2.35. The van der Waals surface area contributed by atoms with Crippen LogP contribution in [0, 0.1) is 29.0 Å². The van der Waals surface area contributed by atoms with Gasteiger partial charge in [0.1, 0.15) is 5.82 Å². The molecule has 0 aliphatic rings. The normalized spacial score (nSPS) is 10.9. The van der Waals surface area contributed by atoms with Crippen LogP contribution in [0.5, 0.6) is 0 Å². The number of nitrogens with zero attached hydrogens (tertiary/aromatic N) is 2. The fraction of sp³-hybridized carbons (Fsp3) is 0.333. The van der Waals surface area contributed by atoms with E-state index in [1.54, 1.807) is 20.0 Å². The molecule has 0 heterocycles. The summed E-state index contributed by atoms with van der Waals surface area (Å²) in [5, 5.41) is 8.62. The number of halogens is 1. The number of nitrogens with two attached hydrogens (primary N) is 1. The van der Waals surface area contributed by atoms with E-state index in [4.69, 9.17) is 11.0 Å². The number of carbonyl (C=O) groups excluding carboxylic acids is 1. The highest BCUT2D eigenvalue weighted by Gasteiger charge is 2.20. The SMILES string of the molecule is CC(CC#N)N(C)C(=O)c1ccc(C#CCN)cc1F. The molecule has 5 heteroatoms. The number of hydrogen-bond donors (Lipinski definition) is 1. The number of hydrogen-bond acceptors (Lipinski definition) is 3. The maximum Gasteiger partial charge on any atom is 0.256 e. The molecule has 1 rings (SSSR count). The fourth-order valence-electron chi connectivity index (χ4n) is 1.58. The summed E-state index contributed by atoms with van der Waals surface area (Å²) in [5.41, 5.74) is 5.68. The van der Waals surface area contributed by atoms with Gasteiger partial charge in [-0.1, -0.05) is 11.8 Å². The van der Waals surface area contributed by atoms with Crippen molar-refractivity contribution in [1.29, 1.82) is 5.26 Å². The van der Waals surface area contributed by atoms with Gasteiger partial charge in [-0.15, -0.1) is 0 Å². The first-order chi connectivity index (χ1) is 9.51. The van der Waals surface area contributed by atoms with Gasteiger partial charge in [0.15, 0.2) is 0 Å². The molecule has 0 radical (unpaired) electrons. The van der Waals surface area contributed by atoms with E-state index in [1.165, 1.54) is 17.0 Å². The van der Waals surface area contributed by atoms with Crippen LogP contribution in [-0.4, -0.2) is 30.4 Å². The van der Waals surface area contributed by atoms with Crippen LogP contribution in [0.15, 0.2) is 18.2 Å². The molecule has 0 aliphatic heterocycles. The molecular weight excluding hydrogens is 257 g/mol. The Morgan fingerprint density at radius 3 is 2.80 bits per heavy atom. The third-order valence-electron chi connectivity index (χ3n) is 2.90. The highest BCUT2D eigenvalue weighted by Crippen LogP contribution is 2.14. The summed E-state index contributed by atoms with van der Waals surface area (Å²) in [4.78, 5) is 13.5. The summed E-state index contributed by atoms with van der Waals surface area (Å²) in [6, 6.07) is 5.88. The largest absolute Gasteiger partial charge is 0.338 e. The maximum atomic E-state index is 13.9. The van der Waals surface area contributed by atoms with Crippen molar-refractivity contribution in [2.24, 2.45) is 5.73 Å². The Labute approximate surface area is 118 Å². The summed E-state index contributed by atoms with van der Waals surface area (Å²) < 4.78 is 13.9. The number of carbonyl (C=O) groups is 1. The van der Waals surface area contributed by atoms with E-state index in [1.807, 2.05) is 6.07 Å². The molecular formula is C15H16FN3O. The average molecular weight is 273 g/mol.